The lowest BCUT2D eigenvalue weighted by Gasteiger charge is -2.36. The van der Waals surface area contributed by atoms with E-state index in [-0.39, 0.29) is 17.6 Å². The van der Waals surface area contributed by atoms with Gasteiger partial charge in [0, 0.05) is 57.0 Å². The van der Waals surface area contributed by atoms with Crippen LogP contribution < -0.4 is 0 Å². The van der Waals surface area contributed by atoms with Crippen molar-refractivity contribution in [3.05, 3.63) is 18.0 Å². The van der Waals surface area contributed by atoms with Crippen LogP contribution in [-0.4, -0.2) is 65.2 Å². The number of carbonyl (C=O) groups is 1. The van der Waals surface area contributed by atoms with E-state index in [1.54, 1.807) is 13.1 Å². The number of piperazine rings is 1. The molecule has 122 valence electrons. The predicted octanol–water partition coefficient (Wildman–Crippen LogP) is -0.0606. The molecule has 7 nitrogen and oxygen atoms in total. The summed E-state index contributed by atoms with van der Waals surface area (Å²) in [5.74, 6) is 0.271. The van der Waals surface area contributed by atoms with E-state index >= 15 is 0 Å². The maximum absolute atomic E-state index is 12.6. The van der Waals surface area contributed by atoms with Gasteiger partial charge in [0.2, 0.25) is 15.9 Å². The van der Waals surface area contributed by atoms with Gasteiger partial charge in [-0.25, -0.2) is 8.42 Å². The van der Waals surface area contributed by atoms with Crippen LogP contribution in [0, 0.1) is 5.92 Å². The van der Waals surface area contributed by atoms with Crippen LogP contribution >= 0.6 is 0 Å². The standard InChI is InChI=1S/C14H22N4O3S/c1-2-22(20,21)17-9-7-16(8-10-17)14(19)12-4-6-18-13(11-12)3-5-15-18/h3,5,12H,2,4,6-11H2,1H3. The van der Waals surface area contributed by atoms with E-state index in [0.29, 0.717) is 26.2 Å². The minimum atomic E-state index is -3.14. The van der Waals surface area contributed by atoms with Crippen LogP contribution in [0.25, 0.3) is 0 Å². The Hall–Kier alpha value is -1.41. The minimum absolute atomic E-state index is 0.00136. The summed E-state index contributed by atoms with van der Waals surface area (Å²) in [5.41, 5.74) is 1.11. The molecule has 22 heavy (non-hydrogen) atoms. The van der Waals surface area contributed by atoms with Gasteiger partial charge in [-0.15, -0.1) is 0 Å². The Balaban J connectivity index is 1.59. The lowest BCUT2D eigenvalue weighted by atomic mass is 9.94. The number of amides is 1. The Morgan fingerprint density at radius 2 is 2.00 bits per heavy atom. The second-order valence-corrected chi connectivity index (χ2v) is 8.12. The first-order chi connectivity index (χ1) is 10.5. The maximum atomic E-state index is 12.6. The third-order valence-electron chi connectivity index (χ3n) is 4.61. The molecular weight excluding hydrogens is 304 g/mol. The van der Waals surface area contributed by atoms with Gasteiger partial charge in [-0.1, -0.05) is 0 Å². The van der Waals surface area contributed by atoms with E-state index in [0.717, 1.165) is 25.1 Å². The van der Waals surface area contributed by atoms with E-state index in [9.17, 15) is 13.2 Å². The number of aromatic nitrogens is 2. The molecule has 0 bridgehead atoms. The molecule has 1 aromatic rings. The average Bonchev–Trinajstić information content (AvgIpc) is 3.02. The van der Waals surface area contributed by atoms with Crippen molar-refractivity contribution >= 4 is 15.9 Å². The molecule has 0 saturated carbocycles. The van der Waals surface area contributed by atoms with Gasteiger partial charge in [-0.3, -0.25) is 9.48 Å². The predicted molar refractivity (Wildman–Crippen MR) is 81.7 cm³/mol. The van der Waals surface area contributed by atoms with Crippen molar-refractivity contribution in [2.24, 2.45) is 5.92 Å². The van der Waals surface area contributed by atoms with Gasteiger partial charge in [0.05, 0.1) is 5.75 Å². The zero-order valence-corrected chi connectivity index (χ0v) is 13.6. The zero-order valence-electron chi connectivity index (χ0n) is 12.8. The molecule has 0 aliphatic carbocycles. The molecule has 0 radical (unpaired) electrons. The monoisotopic (exact) mass is 326 g/mol. The molecule has 1 saturated heterocycles. The summed E-state index contributed by atoms with van der Waals surface area (Å²) in [6.45, 7) is 4.24. The first-order valence-corrected chi connectivity index (χ1v) is 9.39. The summed E-state index contributed by atoms with van der Waals surface area (Å²) in [6, 6.07) is 1.96. The third-order valence-corrected chi connectivity index (χ3v) is 6.49. The summed E-state index contributed by atoms with van der Waals surface area (Å²) in [5, 5.41) is 4.23. The van der Waals surface area contributed by atoms with E-state index in [1.807, 2.05) is 15.6 Å². The number of nitrogens with zero attached hydrogens (tertiary/aromatic N) is 4. The SMILES string of the molecule is CCS(=O)(=O)N1CCN(C(=O)C2CCn3nccc3C2)CC1. The minimum Gasteiger partial charge on any atom is -0.340 e. The molecule has 1 amide bonds. The topological polar surface area (TPSA) is 75.5 Å². The van der Waals surface area contributed by atoms with Crippen molar-refractivity contribution in [2.75, 3.05) is 31.9 Å². The number of aryl methyl sites for hydroxylation is 1. The van der Waals surface area contributed by atoms with Crippen LogP contribution in [-0.2, 0) is 27.8 Å². The van der Waals surface area contributed by atoms with E-state index in [1.165, 1.54) is 4.31 Å². The van der Waals surface area contributed by atoms with Crippen molar-refractivity contribution in [1.82, 2.24) is 19.0 Å². The summed E-state index contributed by atoms with van der Waals surface area (Å²) >= 11 is 0. The van der Waals surface area contributed by atoms with Crippen molar-refractivity contribution in [3.63, 3.8) is 0 Å². The average molecular weight is 326 g/mol. The smallest absolute Gasteiger partial charge is 0.226 e. The molecule has 1 unspecified atom stereocenters. The maximum Gasteiger partial charge on any atom is 0.226 e. The second kappa shape index (κ2) is 6.00. The van der Waals surface area contributed by atoms with Gasteiger partial charge < -0.3 is 4.90 Å². The van der Waals surface area contributed by atoms with Crippen molar-refractivity contribution in [2.45, 2.75) is 26.3 Å². The van der Waals surface area contributed by atoms with Gasteiger partial charge in [-0.05, 0) is 19.4 Å². The molecular formula is C14H22N4O3S. The third kappa shape index (κ3) is 2.89. The van der Waals surface area contributed by atoms with Gasteiger partial charge in [0.1, 0.15) is 0 Å². The highest BCUT2D eigenvalue weighted by atomic mass is 32.2. The normalized spacial score (nSPS) is 23.3. The molecule has 2 aliphatic rings. The van der Waals surface area contributed by atoms with Gasteiger partial charge >= 0.3 is 0 Å². The number of sulfonamides is 1. The lowest BCUT2D eigenvalue weighted by Crippen LogP contribution is -2.52. The van der Waals surface area contributed by atoms with Gasteiger partial charge in [-0.2, -0.15) is 9.40 Å². The van der Waals surface area contributed by atoms with Crippen LogP contribution in [0.5, 0.6) is 0 Å². The number of hydrogen-bond donors (Lipinski definition) is 0. The quantitative estimate of drug-likeness (QED) is 0.780. The molecule has 2 aliphatic heterocycles. The molecule has 8 heteroatoms. The fraction of sp³-hybridized carbons (Fsp3) is 0.714. The Morgan fingerprint density at radius 3 is 2.68 bits per heavy atom. The number of hydrogen-bond acceptors (Lipinski definition) is 4. The number of carbonyl (C=O) groups excluding carboxylic acids is 1. The fourth-order valence-corrected chi connectivity index (χ4v) is 4.29. The first kappa shape index (κ1) is 15.5. The Kier molecular flexibility index (Phi) is 4.22. The van der Waals surface area contributed by atoms with Crippen molar-refractivity contribution in [3.8, 4) is 0 Å². The molecule has 1 fully saturated rings. The summed E-state index contributed by atoms with van der Waals surface area (Å²) in [7, 11) is -3.14. The lowest BCUT2D eigenvalue weighted by molar-refractivity contribution is -0.137. The van der Waals surface area contributed by atoms with Gasteiger partial charge in [0.25, 0.3) is 0 Å². The van der Waals surface area contributed by atoms with Gasteiger partial charge in [0.15, 0.2) is 0 Å². The zero-order chi connectivity index (χ0) is 15.7. The first-order valence-electron chi connectivity index (χ1n) is 7.78. The second-order valence-electron chi connectivity index (χ2n) is 5.86. The highest BCUT2D eigenvalue weighted by Gasteiger charge is 2.32. The molecule has 3 heterocycles. The van der Waals surface area contributed by atoms with E-state index in [4.69, 9.17) is 0 Å². The van der Waals surface area contributed by atoms with Crippen LogP contribution in [0.2, 0.25) is 0 Å². The van der Waals surface area contributed by atoms with Crippen molar-refractivity contribution in [1.29, 1.82) is 0 Å². The van der Waals surface area contributed by atoms with E-state index < -0.39 is 10.0 Å². The molecule has 1 aromatic heterocycles. The largest absolute Gasteiger partial charge is 0.340 e. The molecule has 0 N–H and O–H groups in total. The summed E-state index contributed by atoms with van der Waals surface area (Å²) < 4.78 is 27.2. The Bertz CT molecular complexity index is 647. The molecule has 0 aromatic carbocycles. The molecule has 0 spiro atoms. The highest BCUT2D eigenvalue weighted by Crippen LogP contribution is 2.22. The van der Waals surface area contributed by atoms with Crippen molar-refractivity contribution < 1.29 is 13.2 Å². The van der Waals surface area contributed by atoms with Crippen LogP contribution in [0.3, 0.4) is 0 Å². The van der Waals surface area contributed by atoms with Crippen LogP contribution in [0.1, 0.15) is 19.0 Å². The van der Waals surface area contributed by atoms with E-state index in [2.05, 4.69) is 5.10 Å². The Labute approximate surface area is 130 Å². The number of fused-ring (bicyclic) bond motifs is 1. The molecule has 1 atom stereocenters. The fourth-order valence-electron chi connectivity index (χ4n) is 3.21. The summed E-state index contributed by atoms with van der Waals surface area (Å²) in [6.07, 6.45) is 3.31. The summed E-state index contributed by atoms with van der Waals surface area (Å²) in [4.78, 5) is 14.5. The number of rotatable bonds is 3. The highest BCUT2D eigenvalue weighted by molar-refractivity contribution is 7.89. The van der Waals surface area contributed by atoms with Crippen LogP contribution in [0.15, 0.2) is 12.3 Å². The Morgan fingerprint density at radius 1 is 1.27 bits per heavy atom. The molecule has 3 rings (SSSR count). The van der Waals surface area contributed by atoms with Crippen LogP contribution in [0.4, 0.5) is 0 Å².